The van der Waals surface area contributed by atoms with Crippen LogP contribution in [0.2, 0.25) is 0 Å². The molecule has 0 aromatic carbocycles. The number of hydrogen-bond donors (Lipinski definition) is 1. The minimum atomic E-state index is -4.16. The highest BCUT2D eigenvalue weighted by Crippen LogP contribution is 2.43. The first-order valence-electron chi connectivity index (χ1n) is 13.5. The summed E-state index contributed by atoms with van der Waals surface area (Å²) in [5.41, 5.74) is 0. The molecule has 0 saturated heterocycles. The molecule has 0 fully saturated rings. The fourth-order valence-electron chi connectivity index (χ4n) is 3.77. The van der Waals surface area contributed by atoms with Crippen LogP contribution in [-0.4, -0.2) is 70.2 Å². The quantitative estimate of drug-likeness (QED) is 0.0891. The Morgan fingerprint density at radius 3 is 1.68 bits per heavy atom. The normalized spacial score (nSPS) is 15.4. The lowest BCUT2D eigenvalue weighted by molar-refractivity contribution is -0.870. The number of phosphoric acid groups is 1. The van der Waals surface area contributed by atoms with E-state index in [1.165, 1.54) is 70.6 Å². The van der Waals surface area contributed by atoms with E-state index in [-0.39, 0.29) is 30.6 Å². The van der Waals surface area contributed by atoms with Crippen LogP contribution in [-0.2, 0) is 23.4 Å². The van der Waals surface area contributed by atoms with Gasteiger partial charge in [0.2, 0.25) is 0 Å². The summed E-state index contributed by atoms with van der Waals surface area (Å²) < 4.78 is 47.2. The third kappa shape index (κ3) is 23.7. The van der Waals surface area contributed by atoms with Crippen molar-refractivity contribution in [3.63, 3.8) is 0 Å². The van der Waals surface area contributed by atoms with Gasteiger partial charge in [-0.1, -0.05) is 97.3 Å². The molecule has 0 aliphatic carbocycles. The average molecular weight is 529 g/mol. The fourth-order valence-corrected chi connectivity index (χ4v) is 6.37. The molecule has 1 N–H and O–H groups in total. The molecular weight excluding hydrogens is 473 g/mol. The Morgan fingerprint density at radius 2 is 1.24 bits per heavy atom. The van der Waals surface area contributed by atoms with Gasteiger partial charge in [-0.2, -0.15) is 0 Å². The van der Waals surface area contributed by atoms with E-state index in [2.05, 4.69) is 6.92 Å². The lowest BCUT2D eigenvalue weighted by Gasteiger charge is -2.24. The second-order valence-corrected chi connectivity index (χ2v) is 14.6. The molecule has 7 nitrogen and oxygen atoms in total. The molecule has 0 aliphatic rings. The van der Waals surface area contributed by atoms with Crippen molar-refractivity contribution in [1.82, 2.24) is 0 Å². The zero-order valence-corrected chi connectivity index (χ0v) is 24.5. The second kappa shape index (κ2) is 19.2. The van der Waals surface area contributed by atoms with E-state index >= 15 is 0 Å². The molecule has 0 aromatic rings. The molecule has 9 heteroatoms. The zero-order valence-electron chi connectivity index (χ0n) is 22.8. The monoisotopic (exact) mass is 528 g/mol. The summed E-state index contributed by atoms with van der Waals surface area (Å²) in [6, 6.07) is 0. The highest BCUT2D eigenvalue weighted by atomic mass is 32.2. The molecule has 0 saturated carbocycles. The van der Waals surface area contributed by atoms with Crippen LogP contribution in [0.1, 0.15) is 104 Å². The SMILES string of the molecule is CCCCCCCCCCCCCCCCS(=O)(=O)CC(C)COP(=O)(O)OCC[N+](C)(C)C. The topological polar surface area (TPSA) is 89.9 Å². The van der Waals surface area contributed by atoms with Crippen LogP contribution in [0.25, 0.3) is 0 Å². The summed E-state index contributed by atoms with van der Waals surface area (Å²) in [4.78, 5) is 9.76. The van der Waals surface area contributed by atoms with Gasteiger partial charge in [-0.3, -0.25) is 9.05 Å². The first-order valence-corrected chi connectivity index (χ1v) is 16.8. The van der Waals surface area contributed by atoms with Crippen molar-refractivity contribution in [3.8, 4) is 0 Å². The highest BCUT2D eigenvalue weighted by molar-refractivity contribution is 7.91. The van der Waals surface area contributed by atoms with E-state index in [9.17, 15) is 17.9 Å². The standard InChI is InChI=1S/C25H54NO6PS/c1-6-7-8-9-10-11-12-13-14-15-16-17-18-19-22-34(29,30)24-25(2)23-32-33(27,28)31-21-20-26(3,4)5/h25H,6-24H2,1-5H3/p+1. The van der Waals surface area contributed by atoms with Crippen LogP contribution in [0, 0.1) is 5.92 Å². The summed E-state index contributed by atoms with van der Waals surface area (Å²) in [6.07, 6.45) is 17.3. The number of likely N-dealkylation sites (N-methyl/N-ethyl adjacent to an activating group) is 1. The van der Waals surface area contributed by atoms with Crippen LogP contribution >= 0.6 is 7.82 Å². The number of rotatable bonds is 24. The third-order valence-corrected chi connectivity index (χ3v) is 8.86. The van der Waals surface area contributed by atoms with Crippen molar-refractivity contribution in [2.24, 2.45) is 5.92 Å². The maximum Gasteiger partial charge on any atom is 0.472 e. The Labute approximate surface area is 211 Å². The first kappa shape index (κ1) is 34.0. The van der Waals surface area contributed by atoms with Crippen molar-refractivity contribution in [3.05, 3.63) is 0 Å². The molecule has 2 atom stereocenters. The zero-order chi connectivity index (χ0) is 25.9. The predicted molar refractivity (Wildman–Crippen MR) is 143 cm³/mol. The van der Waals surface area contributed by atoms with Crippen molar-refractivity contribution >= 4 is 17.7 Å². The molecule has 0 amide bonds. The second-order valence-electron chi connectivity index (χ2n) is 10.9. The summed E-state index contributed by atoms with van der Waals surface area (Å²) in [5, 5.41) is 0. The lowest BCUT2D eigenvalue weighted by atomic mass is 10.0. The van der Waals surface area contributed by atoms with Gasteiger partial charge in [-0.05, 0) is 12.3 Å². The molecule has 0 aliphatic heterocycles. The van der Waals surface area contributed by atoms with E-state index in [4.69, 9.17) is 9.05 Å². The van der Waals surface area contributed by atoms with Crippen molar-refractivity contribution < 1.29 is 31.4 Å². The molecule has 0 aromatic heterocycles. The van der Waals surface area contributed by atoms with Crippen LogP contribution in [0.3, 0.4) is 0 Å². The van der Waals surface area contributed by atoms with Gasteiger partial charge in [0.25, 0.3) is 0 Å². The predicted octanol–water partition coefficient (Wildman–Crippen LogP) is 6.36. The van der Waals surface area contributed by atoms with Gasteiger partial charge in [0.05, 0.1) is 39.3 Å². The van der Waals surface area contributed by atoms with Gasteiger partial charge in [0.15, 0.2) is 9.84 Å². The fraction of sp³-hybridized carbons (Fsp3) is 1.00. The number of sulfone groups is 1. The summed E-state index contributed by atoms with van der Waals surface area (Å²) in [5.74, 6) is -0.227. The number of unbranched alkanes of at least 4 members (excludes halogenated alkanes) is 13. The minimum absolute atomic E-state index is 0.0374. The number of nitrogens with zero attached hydrogens (tertiary/aromatic N) is 1. The van der Waals surface area contributed by atoms with E-state index < -0.39 is 17.7 Å². The molecule has 34 heavy (non-hydrogen) atoms. The van der Waals surface area contributed by atoms with E-state index in [1.54, 1.807) is 6.92 Å². The molecule has 0 spiro atoms. The lowest BCUT2D eigenvalue weighted by Crippen LogP contribution is -2.37. The molecule has 0 heterocycles. The van der Waals surface area contributed by atoms with E-state index in [0.717, 1.165) is 12.8 Å². The van der Waals surface area contributed by atoms with Crippen LogP contribution in [0.5, 0.6) is 0 Å². The van der Waals surface area contributed by atoms with E-state index in [0.29, 0.717) is 17.4 Å². The Bertz CT molecular complexity index is 636. The molecule has 206 valence electrons. The molecule has 0 radical (unpaired) electrons. The number of quaternary nitrogens is 1. The third-order valence-electron chi connectivity index (χ3n) is 5.89. The smallest absolute Gasteiger partial charge is 0.329 e. The van der Waals surface area contributed by atoms with Crippen LogP contribution in [0.15, 0.2) is 0 Å². The Hall–Kier alpha value is 0.0200. The van der Waals surface area contributed by atoms with Gasteiger partial charge in [-0.25, -0.2) is 13.0 Å². The Balaban J connectivity index is 3.75. The summed E-state index contributed by atoms with van der Waals surface area (Å²) in [6.45, 7) is 4.52. The molecule has 2 unspecified atom stereocenters. The van der Waals surface area contributed by atoms with Crippen molar-refractivity contribution in [1.29, 1.82) is 0 Å². The van der Waals surface area contributed by atoms with Crippen LogP contribution < -0.4 is 0 Å². The van der Waals surface area contributed by atoms with Crippen molar-refractivity contribution in [2.75, 3.05) is 52.4 Å². The minimum Gasteiger partial charge on any atom is -0.329 e. The van der Waals surface area contributed by atoms with E-state index in [1.807, 2.05) is 21.1 Å². The van der Waals surface area contributed by atoms with Gasteiger partial charge in [0, 0.05) is 0 Å². The maximum absolute atomic E-state index is 12.3. The summed E-state index contributed by atoms with van der Waals surface area (Å²) >= 11 is 0. The molecule has 0 bridgehead atoms. The van der Waals surface area contributed by atoms with Gasteiger partial charge >= 0.3 is 7.82 Å². The summed E-state index contributed by atoms with van der Waals surface area (Å²) in [7, 11) is -1.48. The largest absolute Gasteiger partial charge is 0.472 e. The van der Waals surface area contributed by atoms with Crippen molar-refractivity contribution in [2.45, 2.75) is 104 Å². The molecular formula is C25H55NO6PS+. The number of phosphoric ester groups is 1. The van der Waals surface area contributed by atoms with Crippen LogP contribution in [0.4, 0.5) is 0 Å². The van der Waals surface area contributed by atoms with Gasteiger partial charge in [0.1, 0.15) is 13.2 Å². The van der Waals surface area contributed by atoms with Gasteiger partial charge in [-0.15, -0.1) is 0 Å². The maximum atomic E-state index is 12.3. The number of hydrogen-bond acceptors (Lipinski definition) is 5. The van der Waals surface area contributed by atoms with Gasteiger partial charge < -0.3 is 9.38 Å². The first-order chi connectivity index (χ1) is 15.9. The molecule has 0 rings (SSSR count). The average Bonchev–Trinajstić information content (AvgIpc) is 2.71. The Morgan fingerprint density at radius 1 is 0.794 bits per heavy atom. The highest BCUT2D eigenvalue weighted by Gasteiger charge is 2.25. The Kier molecular flexibility index (Phi) is 19.2.